The Morgan fingerprint density at radius 2 is 1.84 bits per heavy atom. The van der Waals surface area contributed by atoms with E-state index in [9.17, 15) is 0 Å². The van der Waals surface area contributed by atoms with Crippen LogP contribution in [0.25, 0.3) is 10.9 Å². The highest BCUT2D eigenvalue weighted by atomic mass is 35.5. The fourth-order valence-corrected chi connectivity index (χ4v) is 2.24. The van der Waals surface area contributed by atoms with Crippen LogP contribution in [0.2, 0.25) is 10.0 Å². The molecule has 0 spiro atoms. The summed E-state index contributed by atoms with van der Waals surface area (Å²) in [6, 6.07) is 13.5. The smallest absolute Gasteiger partial charge is 0.120 e. The average Bonchev–Trinajstić information content (AvgIpc) is 2.87. The van der Waals surface area contributed by atoms with Gasteiger partial charge in [0.05, 0.1) is 10.0 Å². The number of hydrogen-bond donors (Lipinski definition) is 1. The molecular weight excluding hydrogens is 281 g/mol. The molecule has 19 heavy (non-hydrogen) atoms. The Bertz CT molecular complexity index is 721. The van der Waals surface area contributed by atoms with Crippen molar-refractivity contribution in [3.63, 3.8) is 0 Å². The summed E-state index contributed by atoms with van der Waals surface area (Å²) in [4.78, 5) is 3.15. The quantitative estimate of drug-likeness (QED) is 0.717. The third-order valence-corrected chi connectivity index (χ3v) is 3.65. The second-order valence-electron chi connectivity index (χ2n) is 4.26. The molecule has 96 valence electrons. The summed E-state index contributed by atoms with van der Waals surface area (Å²) < 4.78 is 5.75. The minimum atomic E-state index is 0.465. The minimum Gasteiger partial charge on any atom is -0.489 e. The molecular formula is C15H11Cl2NO. The first-order valence-corrected chi connectivity index (χ1v) is 6.62. The summed E-state index contributed by atoms with van der Waals surface area (Å²) in [5.41, 5.74) is 2.09. The highest BCUT2D eigenvalue weighted by Crippen LogP contribution is 2.24. The van der Waals surface area contributed by atoms with Crippen LogP contribution in [0, 0.1) is 0 Å². The van der Waals surface area contributed by atoms with Crippen molar-refractivity contribution in [2.75, 3.05) is 0 Å². The predicted octanol–water partition coefficient (Wildman–Crippen LogP) is 5.05. The fourth-order valence-electron chi connectivity index (χ4n) is 1.92. The van der Waals surface area contributed by atoms with Crippen LogP contribution in [0.5, 0.6) is 5.75 Å². The molecule has 2 aromatic carbocycles. The Morgan fingerprint density at radius 3 is 2.68 bits per heavy atom. The Morgan fingerprint density at radius 1 is 0.947 bits per heavy atom. The lowest BCUT2D eigenvalue weighted by Gasteiger charge is -2.07. The number of halogens is 2. The summed E-state index contributed by atoms with van der Waals surface area (Å²) in [5.74, 6) is 0.832. The molecule has 1 heterocycles. The van der Waals surface area contributed by atoms with E-state index in [0.29, 0.717) is 16.7 Å². The number of benzene rings is 2. The van der Waals surface area contributed by atoms with Crippen LogP contribution in [-0.2, 0) is 6.61 Å². The first-order chi connectivity index (χ1) is 9.22. The zero-order valence-corrected chi connectivity index (χ0v) is 11.5. The fraction of sp³-hybridized carbons (Fsp3) is 0.0667. The van der Waals surface area contributed by atoms with Gasteiger partial charge in [0.25, 0.3) is 0 Å². The summed E-state index contributed by atoms with van der Waals surface area (Å²) in [6.07, 6.45) is 1.91. The highest BCUT2D eigenvalue weighted by Gasteiger charge is 2.02. The van der Waals surface area contributed by atoms with Crippen molar-refractivity contribution in [3.8, 4) is 5.75 Å². The van der Waals surface area contributed by atoms with Crippen molar-refractivity contribution in [2.24, 2.45) is 0 Å². The molecule has 4 heteroatoms. The molecule has 3 rings (SSSR count). The Hall–Kier alpha value is -1.64. The third-order valence-electron chi connectivity index (χ3n) is 2.91. The first-order valence-electron chi connectivity index (χ1n) is 5.86. The number of fused-ring (bicyclic) bond motifs is 1. The predicted molar refractivity (Wildman–Crippen MR) is 79.1 cm³/mol. The van der Waals surface area contributed by atoms with Crippen LogP contribution in [0.1, 0.15) is 5.56 Å². The molecule has 3 aromatic rings. The Kier molecular flexibility index (Phi) is 3.36. The van der Waals surface area contributed by atoms with Crippen molar-refractivity contribution in [3.05, 3.63) is 64.3 Å². The van der Waals surface area contributed by atoms with Gasteiger partial charge in [-0.2, -0.15) is 0 Å². The van der Waals surface area contributed by atoms with E-state index in [2.05, 4.69) is 4.98 Å². The van der Waals surface area contributed by atoms with Crippen molar-refractivity contribution in [1.82, 2.24) is 4.98 Å². The number of aromatic amines is 1. The molecule has 0 saturated heterocycles. The zero-order valence-electron chi connectivity index (χ0n) is 9.99. The van der Waals surface area contributed by atoms with Crippen LogP contribution in [0.4, 0.5) is 0 Å². The maximum Gasteiger partial charge on any atom is 0.120 e. The summed E-state index contributed by atoms with van der Waals surface area (Å²) in [6.45, 7) is 0.465. The second-order valence-corrected chi connectivity index (χ2v) is 5.08. The highest BCUT2D eigenvalue weighted by molar-refractivity contribution is 6.42. The SMILES string of the molecule is Clc1ccc(COc2ccc3[nH]ccc3c2)cc1Cl. The van der Waals surface area contributed by atoms with E-state index in [-0.39, 0.29) is 0 Å². The van der Waals surface area contributed by atoms with Gasteiger partial charge in [-0.05, 0) is 42.0 Å². The number of rotatable bonds is 3. The van der Waals surface area contributed by atoms with Crippen LogP contribution in [-0.4, -0.2) is 4.98 Å². The van der Waals surface area contributed by atoms with E-state index < -0.39 is 0 Å². The third kappa shape index (κ3) is 2.70. The molecule has 1 N–H and O–H groups in total. The molecule has 0 bridgehead atoms. The van der Waals surface area contributed by atoms with Gasteiger partial charge in [-0.25, -0.2) is 0 Å². The van der Waals surface area contributed by atoms with E-state index in [4.69, 9.17) is 27.9 Å². The number of aromatic nitrogens is 1. The second kappa shape index (κ2) is 5.16. The van der Waals surface area contributed by atoms with Crippen molar-refractivity contribution >= 4 is 34.1 Å². The molecule has 2 nitrogen and oxygen atoms in total. The normalized spacial score (nSPS) is 10.8. The molecule has 0 aliphatic heterocycles. The number of ether oxygens (including phenoxy) is 1. The van der Waals surface area contributed by atoms with Gasteiger partial charge in [0.2, 0.25) is 0 Å². The van der Waals surface area contributed by atoms with E-state index in [0.717, 1.165) is 22.2 Å². The van der Waals surface area contributed by atoms with E-state index in [1.165, 1.54) is 0 Å². The van der Waals surface area contributed by atoms with Gasteiger partial charge in [-0.1, -0.05) is 29.3 Å². The lowest BCUT2D eigenvalue weighted by Crippen LogP contribution is -1.95. The molecule has 0 saturated carbocycles. The van der Waals surface area contributed by atoms with Gasteiger partial charge in [-0.15, -0.1) is 0 Å². The molecule has 1 aromatic heterocycles. The van der Waals surface area contributed by atoms with Gasteiger partial charge in [0, 0.05) is 17.1 Å². The van der Waals surface area contributed by atoms with E-state index in [1.54, 1.807) is 6.07 Å². The number of nitrogens with one attached hydrogen (secondary N) is 1. The first kappa shape index (κ1) is 12.4. The molecule has 0 amide bonds. The largest absolute Gasteiger partial charge is 0.489 e. The lowest BCUT2D eigenvalue weighted by molar-refractivity contribution is 0.306. The van der Waals surface area contributed by atoms with E-state index >= 15 is 0 Å². The topological polar surface area (TPSA) is 25.0 Å². The molecule has 0 aliphatic rings. The van der Waals surface area contributed by atoms with Gasteiger partial charge < -0.3 is 9.72 Å². The van der Waals surface area contributed by atoms with Crippen LogP contribution in [0.15, 0.2) is 48.7 Å². The van der Waals surface area contributed by atoms with Gasteiger partial charge in [-0.3, -0.25) is 0 Å². The Balaban J connectivity index is 1.75. The molecule has 0 radical (unpaired) electrons. The summed E-state index contributed by atoms with van der Waals surface area (Å²) in [7, 11) is 0. The summed E-state index contributed by atoms with van der Waals surface area (Å²) in [5, 5.41) is 2.23. The molecule has 0 unspecified atom stereocenters. The van der Waals surface area contributed by atoms with Gasteiger partial charge >= 0.3 is 0 Å². The van der Waals surface area contributed by atoms with Crippen molar-refractivity contribution < 1.29 is 4.74 Å². The molecule has 0 aliphatic carbocycles. The Labute approximate surface area is 120 Å². The van der Waals surface area contributed by atoms with Crippen molar-refractivity contribution in [2.45, 2.75) is 6.61 Å². The standard InChI is InChI=1S/C15H11Cl2NO/c16-13-3-1-10(7-14(13)17)9-19-12-2-4-15-11(8-12)5-6-18-15/h1-8,18H,9H2. The van der Waals surface area contributed by atoms with Crippen LogP contribution >= 0.6 is 23.2 Å². The van der Waals surface area contributed by atoms with Gasteiger partial charge in [0.1, 0.15) is 12.4 Å². The lowest BCUT2D eigenvalue weighted by atomic mass is 10.2. The number of hydrogen-bond acceptors (Lipinski definition) is 1. The molecule has 0 fully saturated rings. The minimum absolute atomic E-state index is 0.465. The van der Waals surface area contributed by atoms with Gasteiger partial charge in [0.15, 0.2) is 0 Å². The maximum atomic E-state index is 5.97. The average molecular weight is 292 g/mol. The van der Waals surface area contributed by atoms with Crippen LogP contribution in [0.3, 0.4) is 0 Å². The monoisotopic (exact) mass is 291 g/mol. The van der Waals surface area contributed by atoms with Crippen molar-refractivity contribution in [1.29, 1.82) is 0 Å². The van der Waals surface area contributed by atoms with Crippen LogP contribution < -0.4 is 4.74 Å². The maximum absolute atomic E-state index is 5.97. The molecule has 0 atom stereocenters. The summed E-state index contributed by atoms with van der Waals surface area (Å²) >= 11 is 11.8. The zero-order chi connectivity index (χ0) is 13.2. The van der Waals surface area contributed by atoms with E-state index in [1.807, 2.05) is 42.6 Å². The number of H-pyrrole nitrogens is 1.